The molecule has 0 saturated heterocycles. The summed E-state index contributed by atoms with van der Waals surface area (Å²) in [6.45, 7) is 1.71. The zero-order chi connectivity index (χ0) is 17.1. The molecule has 0 fully saturated rings. The Kier molecular flexibility index (Phi) is 5.08. The minimum Gasteiger partial charge on any atom is -0.331 e. The van der Waals surface area contributed by atoms with Gasteiger partial charge in [-0.25, -0.2) is 18.6 Å². The number of rotatable bonds is 3. The summed E-state index contributed by atoms with van der Waals surface area (Å²) < 4.78 is 26.2. The number of benzene rings is 1. The third kappa shape index (κ3) is 3.90. The van der Waals surface area contributed by atoms with Crippen LogP contribution in [0.3, 0.4) is 0 Å². The summed E-state index contributed by atoms with van der Waals surface area (Å²) in [5.74, 6) is -1.83. The second kappa shape index (κ2) is 7.25. The fourth-order valence-corrected chi connectivity index (χ4v) is 3.82. The van der Waals surface area contributed by atoms with E-state index < -0.39 is 23.7 Å². The molecule has 2 N–H and O–H groups in total. The van der Waals surface area contributed by atoms with E-state index in [0.29, 0.717) is 10.7 Å². The molecule has 2 amide bonds. The standard InChI is InChI=1S/C17H19F2N3OS/c1-10(11-7-8-12(18)13(19)9-11)20-16(23)22-17-21-14-5-3-2-4-6-15(14)24-17/h7-10H,2-6H2,1H3,(H2,20,21,22,23). The fraction of sp³-hybridized carbons (Fsp3) is 0.412. The van der Waals surface area contributed by atoms with Crippen molar-refractivity contribution in [2.45, 2.75) is 45.1 Å². The molecule has 1 aromatic carbocycles. The van der Waals surface area contributed by atoms with Gasteiger partial charge in [0, 0.05) is 4.88 Å². The Balaban J connectivity index is 1.61. The van der Waals surface area contributed by atoms with Crippen molar-refractivity contribution < 1.29 is 13.6 Å². The van der Waals surface area contributed by atoms with E-state index in [1.165, 1.54) is 28.7 Å². The van der Waals surface area contributed by atoms with Crippen molar-refractivity contribution in [1.82, 2.24) is 10.3 Å². The molecule has 0 radical (unpaired) electrons. The van der Waals surface area contributed by atoms with Crippen molar-refractivity contribution in [3.8, 4) is 0 Å². The molecular weight excluding hydrogens is 332 g/mol. The molecule has 1 aliphatic carbocycles. The van der Waals surface area contributed by atoms with Crippen LogP contribution in [0.25, 0.3) is 0 Å². The molecule has 3 rings (SSSR count). The van der Waals surface area contributed by atoms with E-state index in [4.69, 9.17) is 0 Å². The first-order valence-corrected chi connectivity index (χ1v) is 8.85. The summed E-state index contributed by atoms with van der Waals surface area (Å²) in [5.41, 5.74) is 1.58. The molecule has 128 valence electrons. The maximum atomic E-state index is 13.3. The average Bonchev–Trinajstić information content (AvgIpc) is 2.78. The van der Waals surface area contributed by atoms with Crippen LogP contribution in [0.4, 0.5) is 18.7 Å². The van der Waals surface area contributed by atoms with Crippen LogP contribution in [0.2, 0.25) is 0 Å². The topological polar surface area (TPSA) is 54.0 Å². The number of thiazole rings is 1. The Hall–Kier alpha value is -2.02. The van der Waals surface area contributed by atoms with Gasteiger partial charge >= 0.3 is 6.03 Å². The summed E-state index contributed by atoms with van der Waals surface area (Å²) in [6.07, 6.45) is 5.49. The lowest BCUT2D eigenvalue weighted by Gasteiger charge is -2.14. The molecular formula is C17H19F2N3OS. The monoisotopic (exact) mass is 351 g/mol. The Morgan fingerprint density at radius 1 is 1.21 bits per heavy atom. The molecule has 0 aliphatic heterocycles. The number of aromatic nitrogens is 1. The number of carbonyl (C=O) groups is 1. The van der Waals surface area contributed by atoms with Crippen LogP contribution in [-0.4, -0.2) is 11.0 Å². The molecule has 1 atom stereocenters. The number of aryl methyl sites for hydroxylation is 2. The number of halogens is 2. The number of nitrogens with one attached hydrogen (secondary N) is 2. The van der Waals surface area contributed by atoms with Gasteiger partial charge in [0.1, 0.15) is 0 Å². The van der Waals surface area contributed by atoms with E-state index in [2.05, 4.69) is 15.6 Å². The van der Waals surface area contributed by atoms with Crippen LogP contribution in [0.1, 0.15) is 48.4 Å². The van der Waals surface area contributed by atoms with Crippen LogP contribution in [0, 0.1) is 11.6 Å². The number of carbonyl (C=O) groups excluding carboxylic acids is 1. The van der Waals surface area contributed by atoms with Crippen molar-refractivity contribution in [2.24, 2.45) is 0 Å². The molecule has 1 unspecified atom stereocenters. The largest absolute Gasteiger partial charge is 0.331 e. The molecule has 24 heavy (non-hydrogen) atoms. The number of hydrogen-bond donors (Lipinski definition) is 2. The first kappa shape index (κ1) is 16.8. The van der Waals surface area contributed by atoms with Gasteiger partial charge in [-0.1, -0.05) is 12.5 Å². The minimum atomic E-state index is -0.926. The Bertz CT molecular complexity index is 724. The lowest BCUT2D eigenvalue weighted by atomic mass is 10.1. The highest BCUT2D eigenvalue weighted by Crippen LogP contribution is 2.29. The van der Waals surface area contributed by atoms with Crippen LogP contribution in [0.5, 0.6) is 0 Å². The summed E-state index contributed by atoms with van der Waals surface area (Å²) in [5, 5.41) is 6.03. The summed E-state index contributed by atoms with van der Waals surface area (Å²) in [4.78, 5) is 17.8. The van der Waals surface area contributed by atoms with Gasteiger partial charge in [0.05, 0.1) is 11.7 Å². The highest BCUT2D eigenvalue weighted by Gasteiger charge is 2.17. The van der Waals surface area contributed by atoms with Crippen molar-refractivity contribution in [3.63, 3.8) is 0 Å². The molecule has 0 bridgehead atoms. The number of nitrogens with zero attached hydrogens (tertiary/aromatic N) is 1. The van der Waals surface area contributed by atoms with Gasteiger partial charge in [0.2, 0.25) is 0 Å². The van der Waals surface area contributed by atoms with Gasteiger partial charge in [-0.15, -0.1) is 11.3 Å². The van der Waals surface area contributed by atoms with E-state index in [1.54, 1.807) is 6.92 Å². The van der Waals surface area contributed by atoms with Gasteiger partial charge in [-0.2, -0.15) is 0 Å². The Morgan fingerprint density at radius 2 is 2.00 bits per heavy atom. The number of amides is 2. The lowest BCUT2D eigenvalue weighted by Crippen LogP contribution is -2.31. The van der Waals surface area contributed by atoms with Gasteiger partial charge in [0.25, 0.3) is 0 Å². The van der Waals surface area contributed by atoms with E-state index in [9.17, 15) is 13.6 Å². The SMILES string of the molecule is CC(NC(=O)Nc1nc2c(s1)CCCCC2)c1ccc(F)c(F)c1. The molecule has 4 nitrogen and oxygen atoms in total. The molecule has 1 aliphatic rings. The fourth-order valence-electron chi connectivity index (χ4n) is 2.78. The van der Waals surface area contributed by atoms with Crippen LogP contribution >= 0.6 is 11.3 Å². The minimum absolute atomic E-state index is 0.406. The second-order valence-corrected chi connectivity index (χ2v) is 7.03. The molecule has 0 saturated carbocycles. The van der Waals surface area contributed by atoms with Crippen molar-refractivity contribution in [2.75, 3.05) is 5.32 Å². The van der Waals surface area contributed by atoms with E-state index >= 15 is 0 Å². The predicted molar refractivity (Wildman–Crippen MR) is 90.3 cm³/mol. The maximum absolute atomic E-state index is 13.3. The first-order valence-electron chi connectivity index (χ1n) is 8.04. The zero-order valence-corrected chi connectivity index (χ0v) is 14.2. The van der Waals surface area contributed by atoms with Crippen LogP contribution < -0.4 is 10.6 Å². The number of hydrogen-bond acceptors (Lipinski definition) is 3. The highest BCUT2D eigenvalue weighted by atomic mass is 32.1. The molecule has 2 aromatic rings. The Labute approximate surface area is 143 Å². The van der Waals surface area contributed by atoms with E-state index in [-0.39, 0.29) is 0 Å². The summed E-state index contributed by atoms with van der Waals surface area (Å²) in [6, 6.07) is 2.74. The molecule has 7 heteroatoms. The molecule has 0 spiro atoms. The summed E-state index contributed by atoms with van der Waals surface area (Å²) >= 11 is 1.51. The smallest absolute Gasteiger partial charge is 0.321 e. The van der Waals surface area contributed by atoms with E-state index in [1.807, 2.05) is 0 Å². The van der Waals surface area contributed by atoms with Crippen LogP contribution in [-0.2, 0) is 12.8 Å². The second-order valence-electron chi connectivity index (χ2n) is 5.94. The van der Waals surface area contributed by atoms with E-state index in [0.717, 1.165) is 43.5 Å². The number of urea groups is 1. The lowest BCUT2D eigenvalue weighted by molar-refractivity contribution is 0.249. The van der Waals surface area contributed by atoms with Crippen molar-refractivity contribution >= 4 is 22.5 Å². The third-order valence-electron chi connectivity index (χ3n) is 4.11. The van der Waals surface area contributed by atoms with Crippen molar-refractivity contribution in [3.05, 3.63) is 46.0 Å². The predicted octanol–water partition coefficient (Wildman–Crippen LogP) is 4.57. The Morgan fingerprint density at radius 3 is 2.79 bits per heavy atom. The highest BCUT2D eigenvalue weighted by molar-refractivity contribution is 7.15. The van der Waals surface area contributed by atoms with Gasteiger partial charge in [-0.05, 0) is 50.3 Å². The number of fused-ring (bicyclic) bond motifs is 1. The van der Waals surface area contributed by atoms with Gasteiger partial charge < -0.3 is 5.32 Å². The quantitative estimate of drug-likeness (QED) is 0.796. The zero-order valence-electron chi connectivity index (χ0n) is 13.4. The van der Waals surface area contributed by atoms with Crippen molar-refractivity contribution in [1.29, 1.82) is 0 Å². The van der Waals surface area contributed by atoms with Crippen LogP contribution in [0.15, 0.2) is 18.2 Å². The first-order chi connectivity index (χ1) is 11.5. The third-order valence-corrected chi connectivity index (χ3v) is 5.18. The van der Waals surface area contributed by atoms with Gasteiger partial charge in [-0.3, -0.25) is 5.32 Å². The summed E-state index contributed by atoms with van der Waals surface area (Å²) in [7, 11) is 0. The normalized spacial score (nSPS) is 15.3. The maximum Gasteiger partial charge on any atom is 0.321 e. The molecule has 1 heterocycles. The molecule has 1 aromatic heterocycles. The number of anilines is 1. The average molecular weight is 351 g/mol. The van der Waals surface area contributed by atoms with Gasteiger partial charge in [0.15, 0.2) is 16.8 Å².